The van der Waals surface area contributed by atoms with Crippen LogP contribution >= 0.6 is 0 Å². The number of carbonyl (C=O) groups is 1. The number of benzene rings is 1. The third-order valence-corrected chi connectivity index (χ3v) is 9.69. The maximum Gasteiger partial charge on any atom is 0.230 e. The molecule has 0 bridgehead atoms. The van der Waals surface area contributed by atoms with E-state index >= 15 is 0 Å². The second-order valence-electron chi connectivity index (χ2n) is 10.7. The molecule has 1 aromatic carbocycles. The maximum atomic E-state index is 13.4. The molecule has 202 valence electrons. The lowest BCUT2D eigenvalue weighted by Crippen LogP contribution is -2.42. The Morgan fingerprint density at radius 2 is 1.74 bits per heavy atom. The number of hydrogen-bond donors (Lipinski definition) is 1. The molecule has 1 saturated heterocycles. The predicted molar refractivity (Wildman–Crippen MR) is 144 cm³/mol. The van der Waals surface area contributed by atoms with Crippen molar-refractivity contribution in [3.05, 3.63) is 48.7 Å². The van der Waals surface area contributed by atoms with Crippen LogP contribution in [0.1, 0.15) is 50.2 Å². The fourth-order valence-corrected chi connectivity index (χ4v) is 6.80. The maximum absolute atomic E-state index is 13.4. The smallest absolute Gasteiger partial charge is 0.230 e. The van der Waals surface area contributed by atoms with Crippen LogP contribution in [0.4, 0.5) is 5.69 Å². The van der Waals surface area contributed by atoms with E-state index in [1.54, 1.807) is 12.4 Å². The summed E-state index contributed by atoms with van der Waals surface area (Å²) in [7, 11) is -2.96. The first-order valence-corrected chi connectivity index (χ1v) is 15.2. The standard InChI is InChI=1S/C28H30N6O4S/c29-17-28(9-10-28)33-26(35)23-4-2-1-3-22(23)25-24(32-27(38-25)20-15-30-18-31-16-20)19-5-7-21(8-6-19)34-11-13-39(36,37)14-12-34/h5-8,15-16,18,22-23H,1-4,9-14H2,(H,33,35). The molecule has 3 aliphatic rings. The number of nitrogens with zero attached hydrogens (tertiary/aromatic N) is 5. The van der Waals surface area contributed by atoms with Crippen LogP contribution < -0.4 is 10.2 Å². The lowest BCUT2D eigenvalue weighted by Gasteiger charge is -2.30. The molecule has 3 heterocycles. The highest BCUT2D eigenvalue weighted by Crippen LogP contribution is 2.45. The number of sulfone groups is 1. The zero-order valence-electron chi connectivity index (χ0n) is 21.5. The molecule has 10 nitrogen and oxygen atoms in total. The largest absolute Gasteiger partial charge is 0.440 e. The number of anilines is 1. The first-order valence-electron chi connectivity index (χ1n) is 13.4. The molecule has 3 aromatic rings. The van der Waals surface area contributed by atoms with Gasteiger partial charge in [-0.05, 0) is 37.8 Å². The number of oxazole rings is 1. The molecule has 0 spiro atoms. The second-order valence-corrected chi connectivity index (χ2v) is 13.0. The summed E-state index contributed by atoms with van der Waals surface area (Å²) in [5.41, 5.74) is 2.41. The van der Waals surface area contributed by atoms with Crippen molar-refractivity contribution in [2.24, 2.45) is 5.92 Å². The Hall–Kier alpha value is -3.78. The summed E-state index contributed by atoms with van der Waals surface area (Å²) in [6, 6.07) is 10.2. The van der Waals surface area contributed by atoms with Crippen LogP contribution in [-0.2, 0) is 14.6 Å². The Balaban J connectivity index is 1.34. The van der Waals surface area contributed by atoms with Crippen molar-refractivity contribution >= 4 is 21.4 Å². The lowest BCUT2D eigenvalue weighted by molar-refractivity contribution is -0.127. The fraction of sp³-hybridized carbons (Fsp3) is 0.464. The quantitative estimate of drug-likeness (QED) is 0.492. The number of aromatic nitrogens is 3. The number of hydrogen-bond acceptors (Lipinski definition) is 9. The van der Waals surface area contributed by atoms with E-state index in [1.165, 1.54) is 6.33 Å². The van der Waals surface area contributed by atoms with Crippen molar-refractivity contribution in [3.63, 3.8) is 0 Å². The van der Waals surface area contributed by atoms with Crippen molar-refractivity contribution in [1.29, 1.82) is 5.26 Å². The molecule has 11 heteroatoms. The van der Waals surface area contributed by atoms with Gasteiger partial charge in [0.05, 0.1) is 23.1 Å². The minimum Gasteiger partial charge on any atom is -0.440 e. The van der Waals surface area contributed by atoms with E-state index in [0.29, 0.717) is 48.8 Å². The number of nitrogens with one attached hydrogen (secondary N) is 1. The van der Waals surface area contributed by atoms with Gasteiger partial charge in [-0.25, -0.2) is 23.4 Å². The Kier molecular flexibility index (Phi) is 6.59. The Bertz CT molecular complexity index is 1500. The van der Waals surface area contributed by atoms with E-state index in [9.17, 15) is 18.5 Å². The topological polar surface area (TPSA) is 142 Å². The number of nitriles is 1. The molecule has 6 rings (SSSR count). The van der Waals surface area contributed by atoms with Gasteiger partial charge in [-0.3, -0.25) is 4.79 Å². The molecule has 0 radical (unpaired) electrons. The van der Waals surface area contributed by atoms with Crippen LogP contribution in [0.5, 0.6) is 0 Å². The lowest BCUT2D eigenvalue weighted by atomic mass is 9.76. The van der Waals surface area contributed by atoms with Crippen molar-refractivity contribution < 1.29 is 17.6 Å². The number of amides is 1. The zero-order chi connectivity index (χ0) is 27.0. The van der Waals surface area contributed by atoms with E-state index in [4.69, 9.17) is 9.40 Å². The van der Waals surface area contributed by atoms with E-state index < -0.39 is 15.4 Å². The van der Waals surface area contributed by atoms with Gasteiger partial charge in [0.2, 0.25) is 11.8 Å². The highest BCUT2D eigenvalue weighted by molar-refractivity contribution is 7.91. The summed E-state index contributed by atoms with van der Waals surface area (Å²) in [4.78, 5) is 28.5. The van der Waals surface area contributed by atoms with Gasteiger partial charge >= 0.3 is 0 Å². The molecule has 2 saturated carbocycles. The molecule has 2 atom stereocenters. The van der Waals surface area contributed by atoms with Crippen LogP contribution in [0.25, 0.3) is 22.7 Å². The second kappa shape index (κ2) is 10.1. The predicted octanol–water partition coefficient (Wildman–Crippen LogP) is 3.48. The van der Waals surface area contributed by atoms with Gasteiger partial charge in [0, 0.05) is 48.6 Å². The third kappa shape index (κ3) is 5.26. The molecule has 3 fully saturated rings. The molecule has 1 N–H and O–H groups in total. The monoisotopic (exact) mass is 546 g/mol. The van der Waals surface area contributed by atoms with Crippen molar-refractivity contribution in [2.75, 3.05) is 29.5 Å². The van der Waals surface area contributed by atoms with Crippen LogP contribution in [0.3, 0.4) is 0 Å². The first kappa shape index (κ1) is 25.5. The average Bonchev–Trinajstić information content (AvgIpc) is 3.60. The average molecular weight is 547 g/mol. The molecular weight excluding hydrogens is 516 g/mol. The summed E-state index contributed by atoms with van der Waals surface area (Å²) in [5.74, 6) is 0.776. The fourth-order valence-electron chi connectivity index (χ4n) is 5.60. The van der Waals surface area contributed by atoms with Crippen LogP contribution in [0, 0.1) is 17.2 Å². The van der Waals surface area contributed by atoms with Crippen LogP contribution in [-0.4, -0.2) is 59.4 Å². The third-order valence-electron chi connectivity index (χ3n) is 8.08. The highest BCUT2D eigenvalue weighted by atomic mass is 32.2. The van der Waals surface area contributed by atoms with Gasteiger partial charge in [-0.15, -0.1) is 0 Å². The first-order chi connectivity index (χ1) is 18.9. The Morgan fingerprint density at radius 1 is 1.05 bits per heavy atom. The van der Waals surface area contributed by atoms with Gasteiger partial charge in [0.25, 0.3) is 0 Å². The molecule has 2 aliphatic carbocycles. The van der Waals surface area contributed by atoms with E-state index in [2.05, 4.69) is 26.3 Å². The van der Waals surface area contributed by atoms with E-state index in [0.717, 1.165) is 36.9 Å². The SMILES string of the molecule is N#CC1(NC(=O)C2CCCCC2c2oc(-c3cncnc3)nc2-c2ccc(N3CCS(=O)(=O)CC3)cc2)CC1. The Labute approximate surface area is 227 Å². The number of rotatable bonds is 6. The molecule has 2 aromatic heterocycles. The minimum atomic E-state index is -2.96. The van der Waals surface area contributed by atoms with Gasteiger partial charge in [-0.2, -0.15) is 5.26 Å². The zero-order valence-corrected chi connectivity index (χ0v) is 22.4. The van der Waals surface area contributed by atoms with Gasteiger partial charge < -0.3 is 14.6 Å². The summed E-state index contributed by atoms with van der Waals surface area (Å²) in [6.45, 7) is 0.941. The normalized spacial score (nSPS) is 23.5. The summed E-state index contributed by atoms with van der Waals surface area (Å²) < 4.78 is 30.1. The molecule has 39 heavy (non-hydrogen) atoms. The van der Waals surface area contributed by atoms with Crippen LogP contribution in [0.15, 0.2) is 47.4 Å². The molecular formula is C28H30N6O4S. The van der Waals surface area contributed by atoms with E-state index in [-0.39, 0.29) is 29.2 Å². The van der Waals surface area contributed by atoms with Crippen molar-refractivity contribution in [1.82, 2.24) is 20.3 Å². The summed E-state index contributed by atoms with van der Waals surface area (Å²) in [6.07, 6.45) is 9.54. The van der Waals surface area contributed by atoms with Gasteiger partial charge in [-0.1, -0.05) is 25.0 Å². The van der Waals surface area contributed by atoms with Crippen molar-refractivity contribution in [2.45, 2.75) is 50.0 Å². The summed E-state index contributed by atoms with van der Waals surface area (Å²) in [5, 5.41) is 12.5. The van der Waals surface area contributed by atoms with E-state index in [1.807, 2.05) is 24.3 Å². The summed E-state index contributed by atoms with van der Waals surface area (Å²) >= 11 is 0. The van der Waals surface area contributed by atoms with Gasteiger partial charge in [0.1, 0.15) is 23.3 Å². The molecule has 1 aliphatic heterocycles. The Morgan fingerprint density at radius 3 is 2.41 bits per heavy atom. The van der Waals surface area contributed by atoms with Gasteiger partial charge in [0.15, 0.2) is 9.84 Å². The highest BCUT2D eigenvalue weighted by Gasteiger charge is 2.47. The van der Waals surface area contributed by atoms with Crippen molar-refractivity contribution in [3.8, 4) is 28.8 Å². The minimum absolute atomic E-state index is 0.0962. The molecule has 2 unspecified atom stereocenters. The molecule has 1 amide bonds. The van der Waals surface area contributed by atoms with Crippen LogP contribution in [0.2, 0.25) is 0 Å². The number of carbonyl (C=O) groups excluding carboxylic acids is 1.